The molecule has 0 aliphatic heterocycles. The van der Waals surface area contributed by atoms with Crippen LogP contribution in [0.2, 0.25) is 5.15 Å². The van der Waals surface area contributed by atoms with Gasteiger partial charge in [-0.2, -0.15) is 22.0 Å². The van der Waals surface area contributed by atoms with Gasteiger partial charge in [0.1, 0.15) is 5.15 Å². The third-order valence-corrected chi connectivity index (χ3v) is 3.00. The minimum Gasteiger partial charge on any atom is -0.239 e. The molecule has 1 aromatic heterocycles. The van der Waals surface area contributed by atoms with E-state index < -0.39 is 17.8 Å². The molecular formula is C10H8ClF5NS. The van der Waals surface area contributed by atoms with Crippen molar-refractivity contribution in [1.82, 2.24) is 4.98 Å². The molecule has 0 saturated heterocycles. The summed E-state index contributed by atoms with van der Waals surface area (Å²) >= 11 is 6.60. The molecular weight excluding hydrogens is 297 g/mol. The molecule has 0 aliphatic rings. The Morgan fingerprint density at radius 3 is 2.39 bits per heavy atom. The van der Waals surface area contributed by atoms with Gasteiger partial charge in [-0.25, -0.2) is 4.98 Å². The molecule has 1 aromatic rings. The molecule has 101 valence electrons. The van der Waals surface area contributed by atoms with Crippen molar-refractivity contribution in [2.24, 2.45) is 0 Å². The topological polar surface area (TPSA) is 12.9 Å². The number of hydrogen-bond donors (Lipinski definition) is 0. The lowest BCUT2D eigenvalue weighted by Crippen LogP contribution is -2.37. The van der Waals surface area contributed by atoms with Gasteiger partial charge in [0.15, 0.2) is 0 Å². The molecule has 0 saturated carbocycles. The van der Waals surface area contributed by atoms with Crippen LogP contribution in [0, 0.1) is 6.42 Å². The standard InChI is InChI=1S/C10H8ClF5NS/c1-2-18-7-3-4-8(11)17-6(7)5-9(12,13)10(14,15)16/h3-5H,2H2,1H3. The fourth-order valence-corrected chi connectivity index (χ4v) is 1.95. The molecule has 8 heteroatoms. The summed E-state index contributed by atoms with van der Waals surface area (Å²) in [7, 11) is 0. The minimum absolute atomic E-state index is 0.139. The van der Waals surface area contributed by atoms with Crippen LogP contribution in [0.15, 0.2) is 17.0 Å². The van der Waals surface area contributed by atoms with E-state index in [0.717, 1.165) is 11.8 Å². The second-order valence-electron chi connectivity index (χ2n) is 3.22. The molecule has 0 aromatic carbocycles. The molecule has 1 nitrogen and oxygen atoms in total. The van der Waals surface area contributed by atoms with E-state index in [9.17, 15) is 22.0 Å². The quantitative estimate of drug-likeness (QED) is 0.458. The summed E-state index contributed by atoms with van der Waals surface area (Å²) in [6.45, 7) is 1.74. The molecule has 0 unspecified atom stereocenters. The highest BCUT2D eigenvalue weighted by molar-refractivity contribution is 7.99. The molecule has 18 heavy (non-hydrogen) atoms. The summed E-state index contributed by atoms with van der Waals surface area (Å²) in [6.07, 6.45) is -5.86. The van der Waals surface area contributed by atoms with Crippen LogP contribution in [0.1, 0.15) is 12.6 Å². The van der Waals surface area contributed by atoms with Gasteiger partial charge in [-0.3, -0.25) is 0 Å². The number of halogens is 6. The molecule has 0 bridgehead atoms. The van der Waals surface area contributed by atoms with Gasteiger partial charge in [0.25, 0.3) is 0 Å². The highest BCUT2D eigenvalue weighted by atomic mass is 35.5. The van der Waals surface area contributed by atoms with Crippen LogP contribution in [0.4, 0.5) is 22.0 Å². The number of hydrogen-bond acceptors (Lipinski definition) is 2. The van der Waals surface area contributed by atoms with Gasteiger partial charge in [-0.1, -0.05) is 18.5 Å². The Kier molecular flexibility index (Phi) is 4.83. The lowest BCUT2D eigenvalue weighted by atomic mass is 10.1. The first kappa shape index (κ1) is 15.5. The van der Waals surface area contributed by atoms with Crippen molar-refractivity contribution in [1.29, 1.82) is 0 Å². The molecule has 0 aliphatic carbocycles. The Hall–Kier alpha value is -0.560. The predicted molar refractivity (Wildman–Crippen MR) is 60.0 cm³/mol. The number of pyridine rings is 1. The van der Waals surface area contributed by atoms with E-state index in [2.05, 4.69) is 4.98 Å². The molecule has 0 N–H and O–H groups in total. The van der Waals surface area contributed by atoms with Crippen LogP contribution in [0.3, 0.4) is 0 Å². The lowest BCUT2D eigenvalue weighted by molar-refractivity contribution is -0.265. The van der Waals surface area contributed by atoms with Gasteiger partial charge in [0, 0.05) is 4.90 Å². The number of aromatic nitrogens is 1. The number of nitrogens with zero attached hydrogens (tertiary/aromatic N) is 1. The van der Waals surface area contributed by atoms with Gasteiger partial charge in [0.05, 0.1) is 12.1 Å². The van der Waals surface area contributed by atoms with Crippen LogP contribution >= 0.6 is 23.4 Å². The normalized spacial score (nSPS) is 12.8. The molecule has 0 atom stereocenters. The minimum atomic E-state index is -5.65. The van der Waals surface area contributed by atoms with Crippen molar-refractivity contribution in [3.8, 4) is 0 Å². The van der Waals surface area contributed by atoms with E-state index in [1.54, 1.807) is 6.92 Å². The maximum absolute atomic E-state index is 12.9. The molecule has 0 amide bonds. The Labute approximate surface area is 110 Å². The average Bonchev–Trinajstić information content (AvgIpc) is 2.20. The number of alkyl halides is 5. The van der Waals surface area contributed by atoms with Crippen LogP contribution < -0.4 is 0 Å². The van der Waals surface area contributed by atoms with Crippen molar-refractivity contribution in [3.63, 3.8) is 0 Å². The first-order chi connectivity index (χ1) is 8.17. The predicted octanol–water partition coefficient (Wildman–Crippen LogP) is 4.60. The first-order valence-corrected chi connectivity index (χ1v) is 6.13. The lowest BCUT2D eigenvalue weighted by Gasteiger charge is -2.19. The summed E-state index contributed by atoms with van der Waals surface area (Å²) in [5, 5.41) is -0.139. The van der Waals surface area contributed by atoms with E-state index in [0.29, 0.717) is 5.75 Å². The fourth-order valence-electron chi connectivity index (χ4n) is 1.07. The zero-order valence-corrected chi connectivity index (χ0v) is 10.6. The Bertz CT molecular complexity index is 421. The second kappa shape index (κ2) is 5.61. The van der Waals surface area contributed by atoms with Crippen molar-refractivity contribution in [3.05, 3.63) is 29.4 Å². The van der Waals surface area contributed by atoms with E-state index in [-0.39, 0.29) is 16.5 Å². The van der Waals surface area contributed by atoms with Crippen molar-refractivity contribution >= 4 is 23.4 Å². The highest BCUT2D eigenvalue weighted by Gasteiger charge is 2.58. The molecule has 0 fully saturated rings. The monoisotopic (exact) mass is 304 g/mol. The Morgan fingerprint density at radius 1 is 1.28 bits per heavy atom. The molecule has 1 rings (SSSR count). The smallest absolute Gasteiger partial charge is 0.239 e. The van der Waals surface area contributed by atoms with Crippen LogP contribution in [0.25, 0.3) is 0 Å². The van der Waals surface area contributed by atoms with Gasteiger partial charge in [0.2, 0.25) is 0 Å². The van der Waals surface area contributed by atoms with Crippen molar-refractivity contribution < 1.29 is 22.0 Å². The average molecular weight is 305 g/mol. The van der Waals surface area contributed by atoms with Gasteiger partial charge in [-0.15, -0.1) is 11.8 Å². The van der Waals surface area contributed by atoms with E-state index >= 15 is 0 Å². The third kappa shape index (κ3) is 3.71. The van der Waals surface area contributed by atoms with Gasteiger partial charge < -0.3 is 0 Å². The van der Waals surface area contributed by atoms with E-state index in [4.69, 9.17) is 11.6 Å². The maximum atomic E-state index is 12.9. The van der Waals surface area contributed by atoms with E-state index in [1.165, 1.54) is 12.1 Å². The first-order valence-electron chi connectivity index (χ1n) is 4.77. The Balaban J connectivity index is 3.06. The molecule has 1 radical (unpaired) electrons. The number of rotatable bonds is 4. The van der Waals surface area contributed by atoms with Crippen molar-refractivity contribution in [2.75, 3.05) is 5.75 Å². The zero-order chi connectivity index (χ0) is 14.0. The summed E-state index contributed by atoms with van der Waals surface area (Å²) in [5.74, 6) is -4.42. The maximum Gasteiger partial charge on any atom is 0.454 e. The zero-order valence-electron chi connectivity index (χ0n) is 9.06. The van der Waals surface area contributed by atoms with Crippen LogP contribution in [0.5, 0.6) is 0 Å². The van der Waals surface area contributed by atoms with Crippen LogP contribution in [-0.2, 0) is 0 Å². The summed E-state index contributed by atoms with van der Waals surface area (Å²) in [5.41, 5.74) is -0.461. The summed E-state index contributed by atoms with van der Waals surface area (Å²) in [6, 6.07) is 2.70. The second-order valence-corrected chi connectivity index (χ2v) is 4.91. The molecule has 0 spiro atoms. The fraction of sp³-hybridized carbons (Fsp3) is 0.400. The Morgan fingerprint density at radius 2 is 1.89 bits per heavy atom. The van der Waals surface area contributed by atoms with Crippen molar-refractivity contribution in [2.45, 2.75) is 23.9 Å². The third-order valence-electron chi connectivity index (χ3n) is 1.85. The summed E-state index contributed by atoms with van der Waals surface area (Å²) in [4.78, 5) is 3.73. The summed E-state index contributed by atoms with van der Waals surface area (Å²) < 4.78 is 62.1. The largest absolute Gasteiger partial charge is 0.454 e. The van der Waals surface area contributed by atoms with Crippen LogP contribution in [-0.4, -0.2) is 22.8 Å². The SMILES string of the molecule is CCSc1ccc(Cl)nc1[CH]C(F)(F)C(F)(F)F. The number of thioether (sulfide) groups is 1. The van der Waals surface area contributed by atoms with Gasteiger partial charge >= 0.3 is 12.1 Å². The molecule has 1 heterocycles. The van der Waals surface area contributed by atoms with E-state index in [1.807, 2.05) is 0 Å². The van der Waals surface area contributed by atoms with Gasteiger partial charge in [-0.05, 0) is 17.9 Å². The highest BCUT2D eigenvalue weighted by Crippen LogP contribution is 2.40.